The predicted molar refractivity (Wildman–Crippen MR) is 116 cm³/mol. The van der Waals surface area contributed by atoms with Gasteiger partial charge in [-0.15, -0.1) is 10.2 Å². The van der Waals surface area contributed by atoms with Crippen molar-refractivity contribution in [1.82, 2.24) is 24.9 Å². The Morgan fingerprint density at radius 2 is 1.93 bits per heavy atom. The van der Waals surface area contributed by atoms with Crippen LogP contribution >= 0.6 is 22.9 Å². The lowest BCUT2D eigenvalue weighted by Gasteiger charge is -2.35. The van der Waals surface area contributed by atoms with Crippen LogP contribution in [0.2, 0.25) is 5.02 Å². The number of anilines is 2. The molecule has 3 aromatic rings. The summed E-state index contributed by atoms with van der Waals surface area (Å²) in [5.74, 6) is -0.122. The number of nitrogens with zero attached hydrogens (tertiary/aromatic N) is 6. The van der Waals surface area contributed by atoms with Crippen LogP contribution in [0.4, 0.5) is 10.8 Å². The normalized spacial score (nSPS) is 14.6. The smallest absolute Gasteiger partial charge is 0.287 e. The molecule has 1 aromatic carbocycles. The minimum atomic E-state index is -0.308. The van der Waals surface area contributed by atoms with Crippen LogP contribution in [0.15, 0.2) is 46.8 Å². The van der Waals surface area contributed by atoms with Crippen molar-refractivity contribution < 1.29 is 4.79 Å². The van der Waals surface area contributed by atoms with E-state index in [1.807, 2.05) is 40.1 Å². The zero-order valence-corrected chi connectivity index (χ0v) is 17.6. The largest absolute Gasteiger partial charge is 0.366 e. The second-order valence-electron chi connectivity index (χ2n) is 6.85. The third-order valence-corrected chi connectivity index (χ3v) is 5.79. The van der Waals surface area contributed by atoms with Gasteiger partial charge in [0.1, 0.15) is 10.5 Å². The predicted octanol–water partition coefficient (Wildman–Crippen LogP) is 1.56. The van der Waals surface area contributed by atoms with E-state index in [0.29, 0.717) is 43.5 Å². The molecule has 0 atom stereocenters. The van der Waals surface area contributed by atoms with Crippen molar-refractivity contribution in [3.05, 3.63) is 63.0 Å². The maximum absolute atomic E-state index is 12.7. The molecule has 1 N–H and O–H groups in total. The molecule has 1 amide bonds. The van der Waals surface area contributed by atoms with Crippen LogP contribution in [0.25, 0.3) is 0 Å². The Hall–Kier alpha value is -2.82. The van der Waals surface area contributed by atoms with Gasteiger partial charge in [0, 0.05) is 26.2 Å². The number of benzene rings is 1. The molecule has 0 aliphatic carbocycles. The Morgan fingerprint density at radius 3 is 2.63 bits per heavy atom. The quantitative estimate of drug-likeness (QED) is 0.615. The highest BCUT2D eigenvalue weighted by atomic mass is 35.5. The average Bonchev–Trinajstić information content (AvgIpc) is 3.26. The molecule has 1 aliphatic heterocycles. The number of aromatic nitrogens is 4. The van der Waals surface area contributed by atoms with E-state index in [0.717, 1.165) is 5.56 Å². The first-order chi connectivity index (χ1) is 14.6. The minimum Gasteiger partial charge on any atom is -0.366 e. The van der Waals surface area contributed by atoms with E-state index >= 15 is 0 Å². The molecule has 1 aliphatic rings. The van der Waals surface area contributed by atoms with Crippen molar-refractivity contribution in [1.29, 1.82) is 0 Å². The molecule has 0 saturated carbocycles. The lowest BCUT2D eigenvalue weighted by atomic mass is 10.2. The highest BCUT2D eigenvalue weighted by Crippen LogP contribution is 2.22. The van der Waals surface area contributed by atoms with Crippen molar-refractivity contribution in [2.45, 2.75) is 6.54 Å². The molecule has 1 fully saturated rings. The van der Waals surface area contributed by atoms with Gasteiger partial charge in [-0.25, -0.2) is 4.68 Å². The number of nitrogens with one attached hydrogen (secondary N) is 1. The van der Waals surface area contributed by atoms with Gasteiger partial charge in [0.2, 0.25) is 11.0 Å². The Kier molecular flexibility index (Phi) is 6.36. The molecule has 9 nitrogen and oxygen atoms in total. The Bertz CT molecular complexity index is 1050. The first-order valence-corrected chi connectivity index (χ1v) is 10.7. The van der Waals surface area contributed by atoms with Crippen LogP contribution in [0.3, 0.4) is 0 Å². The number of rotatable bonds is 6. The fourth-order valence-corrected chi connectivity index (χ4v) is 4.01. The van der Waals surface area contributed by atoms with Gasteiger partial charge in [-0.05, 0) is 5.56 Å². The highest BCUT2D eigenvalue weighted by Gasteiger charge is 2.22. The third-order valence-electron chi connectivity index (χ3n) is 4.83. The summed E-state index contributed by atoms with van der Waals surface area (Å²) in [7, 11) is 0. The second-order valence-corrected chi connectivity index (χ2v) is 8.06. The third kappa shape index (κ3) is 4.84. The van der Waals surface area contributed by atoms with Crippen LogP contribution in [-0.4, -0.2) is 63.5 Å². The summed E-state index contributed by atoms with van der Waals surface area (Å²) in [6, 6.07) is 9.65. The number of halogens is 1. The van der Waals surface area contributed by atoms with Gasteiger partial charge in [0.25, 0.3) is 5.56 Å². The summed E-state index contributed by atoms with van der Waals surface area (Å²) >= 11 is 7.67. The molecule has 2 aromatic heterocycles. The molecule has 30 heavy (non-hydrogen) atoms. The van der Waals surface area contributed by atoms with Gasteiger partial charge < -0.3 is 4.90 Å². The van der Waals surface area contributed by atoms with Gasteiger partial charge in [-0.2, -0.15) is 5.10 Å². The molecule has 0 radical (unpaired) electrons. The van der Waals surface area contributed by atoms with E-state index < -0.39 is 0 Å². The van der Waals surface area contributed by atoms with Crippen LogP contribution < -0.4 is 15.8 Å². The number of amides is 1. The van der Waals surface area contributed by atoms with E-state index in [2.05, 4.69) is 20.6 Å². The van der Waals surface area contributed by atoms with Crippen LogP contribution in [-0.2, 0) is 11.3 Å². The standard InChI is InChI=1S/C19H20ClN7O2S/c20-17-15(10-22-27(18(17)29)11-14-4-2-1-3-5-14)26-8-6-25(7-9-26)12-16(28)23-19-24-21-13-30-19/h1-5,10,13H,6-9,11-12H2,(H,23,24,28). The fraction of sp³-hybridized carbons (Fsp3) is 0.316. The van der Waals surface area contributed by atoms with E-state index in [1.54, 1.807) is 11.7 Å². The molecule has 4 rings (SSSR count). The molecule has 156 valence electrons. The Balaban J connectivity index is 1.35. The highest BCUT2D eigenvalue weighted by molar-refractivity contribution is 7.13. The molecule has 0 spiro atoms. The number of hydrogen-bond donors (Lipinski definition) is 1. The second kappa shape index (κ2) is 9.33. The molecular weight excluding hydrogens is 426 g/mol. The molecule has 0 bridgehead atoms. The number of carbonyl (C=O) groups excluding carboxylic acids is 1. The zero-order valence-electron chi connectivity index (χ0n) is 16.1. The van der Waals surface area contributed by atoms with Crippen molar-refractivity contribution in [2.24, 2.45) is 0 Å². The van der Waals surface area contributed by atoms with E-state index in [9.17, 15) is 9.59 Å². The van der Waals surface area contributed by atoms with Gasteiger partial charge >= 0.3 is 0 Å². The summed E-state index contributed by atoms with van der Waals surface area (Å²) in [5.41, 5.74) is 2.87. The van der Waals surface area contributed by atoms with Crippen molar-refractivity contribution in [3.63, 3.8) is 0 Å². The summed E-state index contributed by atoms with van der Waals surface area (Å²) in [6.07, 6.45) is 1.64. The first-order valence-electron chi connectivity index (χ1n) is 9.43. The summed E-state index contributed by atoms with van der Waals surface area (Å²) in [6.45, 7) is 3.29. The van der Waals surface area contributed by atoms with Gasteiger partial charge in [-0.3, -0.25) is 19.8 Å². The first kappa shape index (κ1) is 20.5. The Labute approximate surface area is 181 Å². The number of carbonyl (C=O) groups is 1. The molecule has 11 heteroatoms. The van der Waals surface area contributed by atoms with Gasteiger partial charge in [0.05, 0.1) is 25.0 Å². The summed E-state index contributed by atoms with van der Waals surface area (Å²) in [5, 5.41) is 15.2. The van der Waals surface area contributed by atoms with E-state index in [1.165, 1.54) is 16.0 Å². The van der Waals surface area contributed by atoms with Crippen molar-refractivity contribution in [2.75, 3.05) is 42.9 Å². The van der Waals surface area contributed by atoms with Gasteiger partial charge in [0.15, 0.2) is 0 Å². The molecule has 0 unspecified atom stereocenters. The maximum atomic E-state index is 12.7. The molecular formula is C19H20ClN7O2S. The maximum Gasteiger partial charge on any atom is 0.287 e. The topological polar surface area (TPSA) is 96.2 Å². The van der Waals surface area contributed by atoms with Crippen LogP contribution in [0.5, 0.6) is 0 Å². The number of hydrogen-bond acceptors (Lipinski definition) is 8. The Morgan fingerprint density at radius 1 is 1.17 bits per heavy atom. The van der Waals surface area contributed by atoms with Crippen molar-refractivity contribution in [3.8, 4) is 0 Å². The lowest BCUT2D eigenvalue weighted by Crippen LogP contribution is -2.49. The molecule has 1 saturated heterocycles. The minimum absolute atomic E-state index is 0.122. The van der Waals surface area contributed by atoms with Crippen LogP contribution in [0, 0.1) is 0 Å². The number of piperazine rings is 1. The van der Waals surface area contributed by atoms with Gasteiger partial charge in [-0.1, -0.05) is 53.3 Å². The summed E-state index contributed by atoms with van der Waals surface area (Å²) in [4.78, 5) is 28.9. The monoisotopic (exact) mass is 445 g/mol. The average molecular weight is 446 g/mol. The SMILES string of the molecule is O=C(CN1CCN(c2cnn(Cc3ccccc3)c(=O)c2Cl)CC1)Nc1nncs1. The fourth-order valence-electron chi connectivity index (χ4n) is 3.28. The zero-order chi connectivity index (χ0) is 20.9. The van der Waals surface area contributed by atoms with Crippen molar-refractivity contribution >= 4 is 39.7 Å². The lowest BCUT2D eigenvalue weighted by molar-refractivity contribution is -0.117. The van der Waals surface area contributed by atoms with E-state index in [4.69, 9.17) is 11.6 Å². The van der Waals surface area contributed by atoms with Crippen LogP contribution in [0.1, 0.15) is 5.56 Å². The molecule has 3 heterocycles. The van der Waals surface area contributed by atoms with E-state index in [-0.39, 0.29) is 23.0 Å². The summed E-state index contributed by atoms with van der Waals surface area (Å²) < 4.78 is 1.37.